The van der Waals surface area contributed by atoms with Gasteiger partial charge in [-0.3, -0.25) is 4.79 Å². The van der Waals surface area contributed by atoms with Crippen molar-refractivity contribution in [1.82, 2.24) is 9.36 Å². The van der Waals surface area contributed by atoms with Crippen molar-refractivity contribution >= 4 is 17.4 Å². The molecule has 0 unspecified atom stereocenters. The highest BCUT2D eigenvalue weighted by molar-refractivity contribution is 7.05. The fraction of sp³-hybridized carbons (Fsp3) is 0.625. The van der Waals surface area contributed by atoms with Gasteiger partial charge in [0.25, 0.3) is 5.91 Å². The molecule has 0 saturated carbocycles. The lowest BCUT2D eigenvalue weighted by atomic mass is 10.1. The second kappa shape index (κ2) is 4.06. The van der Waals surface area contributed by atoms with E-state index in [1.807, 2.05) is 0 Å². The second-order valence-electron chi connectivity index (χ2n) is 3.56. The number of carbonyl (C=O) groups excluding carboxylic acids is 1. The summed E-state index contributed by atoms with van der Waals surface area (Å²) in [5.41, 5.74) is 5.01. The van der Waals surface area contributed by atoms with Crippen LogP contribution >= 0.6 is 11.5 Å². The Kier molecular flexibility index (Phi) is 2.89. The molecule has 0 spiro atoms. The Labute approximate surface area is 95.0 Å². The van der Waals surface area contributed by atoms with Crippen molar-refractivity contribution in [2.45, 2.75) is 31.3 Å². The van der Waals surface area contributed by atoms with Gasteiger partial charge in [-0.05, 0) is 18.5 Å². The van der Waals surface area contributed by atoms with E-state index in [0.29, 0.717) is 5.01 Å². The van der Waals surface area contributed by atoms with Gasteiger partial charge in [0.05, 0.1) is 6.10 Å². The fourth-order valence-electron chi connectivity index (χ4n) is 1.50. The lowest BCUT2D eigenvalue weighted by Gasteiger charge is -2.10. The monoisotopic (exact) mass is 245 g/mol. The number of nitrogens with two attached hydrogens (primary N) is 1. The molecule has 0 aliphatic carbocycles. The van der Waals surface area contributed by atoms with Crippen LogP contribution in [0.25, 0.3) is 0 Å². The molecular weight excluding hydrogens is 234 g/mol. The Morgan fingerprint density at radius 3 is 2.62 bits per heavy atom. The normalized spacial score (nSPS) is 34.2. The number of aliphatic hydroxyl groups excluding tert-OH is 2. The number of hydrogen-bond acceptors (Lipinski definition) is 7. The van der Waals surface area contributed by atoms with Crippen LogP contribution in [0.3, 0.4) is 0 Å². The summed E-state index contributed by atoms with van der Waals surface area (Å²) in [6.45, 7) is 1.64. The summed E-state index contributed by atoms with van der Waals surface area (Å²) < 4.78 is 9.05. The van der Waals surface area contributed by atoms with Gasteiger partial charge in [0.1, 0.15) is 23.3 Å². The first-order chi connectivity index (χ1) is 7.50. The minimum absolute atomic E-state index is 0.107. The molecule has 4 N–H and O–H groups in total. The number of primary amides is 1. The Morgan fingerprint density at radius 2 is 2.19 bits per heavy atom. The van der Waals surface area contributed by atoms with Crippen molar-refractivity contribution < 1.29 is 19.7 Å². The molecule has 1 aliphatic heterocycles. The van der Waals surface area contributed by atoms with Crippen molar-refractivity contribution in [3.05, 3.63) is 10.8 Å². The van der Waals surface area contributed by atoms with Gasteiger partial charge in [0.15, 0.2) is 0 Å². The Morgan fingerprint density at radius 1 is 1.50 bits per heavy atom. The van der Waals surface area contributed by atoms with Gasteiger partial charge in [-0.1, -0.05) is 0 Å². The molecule has 2 rings (SSSR count). The number of carbonyl (C=O) groups is 1. The van der Waals surface area contributed by atoms with Gasteiger partial charge in [-0.15, -0.1) is 0 Å². The van der Waals surface area contributed by atoms with Crippen LogP contribution in [0.5, 0.6) is 0 Å². The summed E-state index contributed by atoms with van der Waals surface area (Å²) in [6.07, 6.45) is -3.27. The van der Waals surface area contributed by atoms with E-state index in [1.54, 1.807) is 6.92 Å². The first-order valence-electron chi connectivity index (χ1n) is 4.65. The van der Waals surface area contributed by atoms with Crippen molar-refractivity contribution in [2.75, 3.05) is 0 Å². The standard InChI is InChI=1S/C8H11N3O4S/c1-2-3(12)4(13)5(15-2)8-10-7(6(9)14)11-16-8/h2-5,12-13H,1H3,(H2,9,14)/t2-,3-,4-,5-/m1/s1. The maximum absolute atomic E-state index is 10.8. The van der Waals surface area contributed by atoms with Gasteiger partial charge < -0.3 is 20.7 Å². The third-order valence-corrected chi connectivity index (χ3v) is 3.18. The van der Waals surface area contributed by atoms with E-state index < -0.39 is 30.3 Å². The number of hydrogen-bond donors (Lipinski definition) is 3. The lowest BCUT2D eigenvalue weighted by molar-refractivity contribution is 0.0149. The van der Waals surface area contributed by atoms with E-state index in [2.05, 4.69) is 9.36 Å². The van der Waals surface area contributed by atoms with Crippen molar-refractivity contribution in [3.8, 4) is 0 Å². The van der Waals surface area contributed by atoms with Crippen LogP contribution in [0.15, 0.2) is 0 Å². The lowest BCUT2D eigenvalue weighted by Crippen LogP contribution is -2.28. The Hall–Kier alpha value is -1.09. The Balaban J connectivity index is 2.21. The van der Waals surface area contributed by atoms with E-state index >= 15 is 0 Å². The summed E-state index contributed by atoms with van der Waals surface area (Å²) >= 11 is 0.925. The summed E-state index contributed by atoms with van der Waals surface area (Å²) in [4.78, 5) is 14.6. The van der Waals surface area contributed by atoms with Gasteiger partial charge >= 0.3 is 0 Å². The van der Waals surface area contributed by atoms with Crippen LogP contribution in [-0.2, 0) is 4.74 Å². The first-order valence-corrected chi connectivity index (χ1v) is 5.43. The molecule has 1 fully saturated rings. The number of ether oxygens (including phenoxy) is 1. The Bertz CT molecular complexity index is 410. The zero-order valence-electron chi connectivity index (χ0n) is 8.40. The molecule has 1 aromatic heterocycles. The zero-order valence-corrected chi connectivity index (χ0v) is 9.22. The van der Waals surface area contributed by atoms with Crippen LogP contribution in [0.4, 0.5) is 0 Å². The highest BCUT2D eigenvalue weighted by Crippen LogP contribution is 2.33. The SMILES string of the molecule is C[C@H]1O[C@@H](c2nc(C(N)=O)ns2)[C@H](O)[C@@H]1O. The fourth-order valence-corrected chi connectivity index (χ4v) is 2.24. The maximum atomic E-state index is 10.8. The zero-order chi connectivity index (χ0) is 11.9. The van der Waals surface area contributed by atoms with Crippen LogP contribution in [0.1, 0.15) is 28.7 Å². The van der Waals surface area contributed by atoms with Crippen molar-refractivity contribution in [1.29, 1.82) is 0 Å². The largest absolute Gasteiger partial charge is 0.388 e. The molecule has 0 aromatic carbocycles. The molecular formula is C8H11N3O4S. The van der Waals surface area contributed by atoms with E-state index in [4.69, 9.17) is 10.5 Å². The topological polar surface area (TPSA) is 119 Å². The molecule has 0 radical (unpaired) electrons. The molecule has 1 amide bonds. The van der Waals surface area contributed by atoms with Gasteiger partial charge in [0, 0.05) is 0 Å². The highest BCUT2D eigenvalue weighted by Gasteiger charge is 2.42. The molecule has 16 heavy (non-hydrogen) atoms. The quantitative estimate of drug-likeness (QED) is 0.603. The summed E-state index contributed by atoms with van der Waals surface area (Å²) in [5, 5.41) is 19.5. The molecule has 1 saturated heterocycles. The average molecular weight is 245 g/mol. The van der Waals surface area contributed by atoms with Gasteiger partial charge in [0.2, 0.25) is 5.82 Å². The first kappa shape index (κ1) is 11.4. The van der Waals surface area contributed by atoms with E-state index in [1.165, 1.54) is 0 Å². The van der Waals surface area contributed by atoms with Gasteiger partial charge in [-0.25, -0.2) is 4.98 Å². The van der Waals surface area contributed by atoms with Gasteiger partial charge in [-0.2, -0.15) is 4.37 Å². The minimum atomic E-state index is -1.07. The number of aliphatic hydroxyl groups is 2. The van der Waals surface area contributed by atoms with Crippen LogP contribution in [0, 0.1) is 0 Å². The number of nitrogens with zero attached hydrogens (tertiary/aromatic N) is 2. The van der Waals surface area contributed by atoms with Crippen LogP contribution in [-0.4, -0.2) is 43.8 Å². The summed E-state index contributed by atoms with van der Waals surface area (Å²) in [6, 6.07) is 0. The molecule has 0 bridgehead atoms. The molecule has 8 heteroatoms. The van der Waals surface area contributed by atoms with Crippen LogP contribution < -0.4 is 5.73 Å². The predicted octanol–water partition coefficient (Wildman–Crippen LogP) is -1.18. The third kappa shape index (κ3) is 1.80. The van der Waals surface area contributed by atoms with Crippen molar-refractivity contribution in [2.24, 2.45) is 5.73 Å². The molecule has 88 valence electrons. The molecule has 2 heterocycles. The number of rotatable bonds is 2. The van der Waals surface area contributed by atoms with Crippen molar-refractivity contribution in [3.63, 3.8) is 0 Å². The number of amides is 1. The molecule has 4 atom stereocenters. The number of aromatic nitrogens is 2. The minimum Gasteiger partial charge on any atom is -0.388 e. The molecule has 7 nitrogen and oxygen atoms in total. The van der Waals surface area contributed by atoms with Crippen LogP contribution in [0.2, 0.25) is 0 Å². The molecule has 1 aliphatic rings. The second-order valence-corrected chi connectivity index (χ2v) is 4.35. The summed E-state index contributed by atoms with van der Waals surface area (Å²) in [7, 11) is 0. The molecule has 1 aromatic rings. The highest BCUT2D eigenvalue weighted by atomic mass is 32.1. The van der Waals surface area contributed by atoms with E-state index in [0.717, 1.165) is 11.5 Å². The smallest absolute Gasteiger partial charge is 0.287 e. The van der Waals surface area contributed by atoms with E-state index in [9.17, 15) is 15.0 Å². The average Bonchev–Trinajstić information content (AvgIpc) is 2.79. The predicted molar refractivity (Wildman–Crippen MR) is 53.7 cm³/mol. The maximum Gasteiger partial charge on any atom is 0.287 e. The van der Waals surface area contributed by atoms with E-state index in [-0.39, 0.29) is 5.82 Å². The summed E-state index contributed by atoms with van der Waals surface area (Å²) in [5.74, 6) is -0.839. The third-order valence-electron chi connectivity index (χ3n) is 2.41.